The maximum Gasteiger partial charge on any atom is 0.268 e. The lowest BCUT2D eigenvalue weighted by molar-refractivity contribution is -0.870. The van der Waals surface area contributed by atoms with Gasteiger partial charge in [0.05, 0.1) is 39.9 Å². The fraction of sp³-hybridized carbons (Fsp3) is 0.638. The van der Waals surface area contributed by atoms with Crippen molar-refractivity contribution >= 4 is 13.7 Å². The van der Waals surface area contributed by atoms with Crippen LogP contribution in [0.4, 0.5) is 0 Å². The first-order valence-electron chi connectivity index (χ1n) is 31.2. The smallest absolute Gasteiger partial charge is 0.268 e. The van der Waals surface area contributed by atoms with Gasteiger partial charge in [0.1, 0.15) is 13.2 Å². The van der Waals surface area contributed by atoms with Crippen molar-refractivity contribution in [3.8, 4) is 0 Å². The summed E-state index contributed by atoms with van der Waals surface area (Å²) in [6, 6.07) is -0.921. The Labute approximate surface area is 480 Å². The molecule has 0 spiro atoms. The first kappa shape index (κ1) is 74.4. The van der Waals surface area contributed by atoms with Crippen LogP contribution in [0.1, 0.15) is 232 Å². The van der Waals surface area contributed by atoms with Crippen LogP contribution in [0.25, 0.3) is 0 Å². The lowest BCUT2D eigenvalue weighted by Gasteiger charge is -2.29. The van der Waals surface area contributed by atoms with Crippen LogP contribution < -0.4 is 10.2 Å². The highest BCUT2D eigenvalue weighted by molar-refractivity contribution is 7.45. The Kier molecular flexibility index (Phi) is 55.4. The SMILES string of the molecule is CC/C=C\C/C=C\C/C=C\C/C=C\C/C=C\C/C=C\C/C=C\C/C=C\C/C=C\CCCCCCCCCCCCCC(=O)NC(COP(=O)([O-])OCC[N+](C)(C)C)C(O)/C=C/CC/C=C/CC/C=C/CCCCCCCCC. The maximum absolute atomic E-state index is 13.0. The van der Waals surface area contributed by atoms with E-state index in [4.69, 9.17) is 9.05 Å². The average molecular weight is 1100 g/mol. The Morgan fingerprint density at radius 3 is 1.19 bits per heavy atom. The summed E-state index contributed by atoms with van der Waals surface area (Å²) in [6.45, 7) is 4.48. The molecule has 0 aliphatic carbocycles. The molecule has 0 heterocycles. The number of nitrogens with zero attached hydrogens (tertiary/aromatic N) is 1. The molecule has 3 unspecified atom stereocenters. The molecule has 0 aromatic heterocycles. The minimum Gasteiger partial charge on any atom is -0.756 e. The topological polar surface area (TPSA) is 108 Å². The summed E-state index contributed by atoms with van der Waals surface area (Å²) >= 11 is 0. The van der Waals surface area contributed by atoms with Gasteiger partial charge in [0, 0.05) is 6.42 Å². The van der Waals surface area contributed by atoms with Crippen molar-refractivity contribution in [1.29, 1.82) is 0 Å². The number of unbranched alkanes of at least 4 members (excludes halogenated alkanes) is 20. The van der Waals surface area contributed by atoms with E-state index < -0.39 is 26.6 Å². The largest absolute Gasteiger partial charge is 0.756 e. The predicted octanol–water partition coefficient (Wildman–Crippen LogP) is 19.0. The third-order valence-corrected chi connectivity index (χ3v) is 14.0. The molecule has 0 aromatic rings. The number of rotatable bonds is 55. The molecule has 9 heteroatoms. The Morgan fingerprint density at radius 2 is 0.795 bits per heavy atom. The van der Waals surface area contributed by atoms with Gasteiger partial charge in [-0.1, -0.05) is 256 Å². The molecule has 0 aliphatic heterocycles. The van der Waals surface area contributed by atoms with Crippen LogP contribution in [0.15, 0.2) is 146 Å². The number of aliphatic hydroxyl groups is 1. The number of carbonyl (C=O) groups excluding carboxylic acids is 1. The third kappa shape index (κ3) is 60.0. The van der Waals surface area contributed by atoms with E-state index in [0.717, 1.165) is 109 Å². The van der Waals surface area contributed by atoms with Gasteiger partial charge in [0.25, 0.3) is 7.82 Å². The highest BCUT2D eigenvalue weighted by atomic mass is 31.2. The molecule has 0 bridgehead atoms. The highest BCUT2D eigenvalue weighted by Crippen LogP contribution is 2.38. The molecule has 0 fully saturated rings. The summed E-state index contributed by atoms with van der Waals surface area (Å²) in [5, 5.41) is 13.9. The molecule has 0 saturated carbocycles. The Morgan fingerprint density at radius 1 is 0.462 bits per heavy atom. The van der Waals surface area contributed by atoms with Gasteiger partial charge in [-0.25, -0.2) is 0 Å². The molecular formula is C69H117N2O6P. The van der Waals surface area contributed by atoms with Crippen LogP contribution in [0.5, 0.6) is 0 Å². The number of likely N-dealkylation sites (N-methyl/N-ethyl adjacent to an activating group) is 1. The van der Waals surface area contributed by atoms with Crippen LogP contribution in [0, 0.1) is 0 Å². The van der Waals surface area contributed by atoms with E-state index >= 15 is 0 Å². The highest BCUT2D eigenvalue weighted by Gasteiger charge is 2.23. The quantitative estimate of drug-likeness (QED) is 0.0272. The normalized spacial score (nSPS) is 14.8. The molecule has 0 aliphatic rings. The van der Waals surface area contributed by atoms with Crippen LogP contribution in [0.3, 0.4) is 0 Å². The molecule has 0 aromatic carbocycles. The van der Waals surface area contributed by atoms with Gasteiger partial charge >= 0.3 is 0 Å². The number of hydrogen-bond acceptors (Lipinski definition) is 6. The number of phosphoric acid groups is 1. The van der Waals surface area contributed by atoms with Crippen molar-refractivity contribution < 1.29 is 32.9 Å². The van der Waals surface area contributed by atoms with E-state index in [1.165, 1.54) is 103 Å². The van der Waals surface area contributed by atoms with Gasteiger partial charge in [0.15, 0.2) is 0 Å². The van der Waals surface area contributed by atoms with Crippen LogP contribution in [-0.2, 0) is 18.4 Å². The molecule has 0 saturated heterocycles. The average Bonchev–Trinajstić information content (AvgIpc) is 3.40. The third-order valence-electron chi connectivity index (χ3n) is 13.0. The van der Waals surface area contributed by atoms with Crippen molar-refractivity contribution in [2.24, 2.45) is 0 Å². The van der Waals surface area contributed by atoms with Crippen LogP contribution in [0.2, 0.25) is 0 Å². The molecule has 444 valence electrons. The number of aliphatic hydroxyl groups excluding tert-OH is 1. The fourth-order valence-corrected chi connectivity index (χ4v) is 8.90. The molecule has 2 N–H and O–H groups in total. The zero-order valence-electron chi connectivity index (χ0n) is 50.6. The first-order chi connectivity index (χ1) is 38.0. The number of allylic oxidation sites excluding steroid dienone is 23. The second kappa shape index (κ2) is 58.0. The second-order valence-electron chi connectivity index (χ2n) is 21.7. The molecule has 3 atom stereocenters. The van der Waals surface area contributed by atoms with Crippen molar-refractivity contribution in [3.05, 3.63) is 146 Å². The number of hydrogen-bond donors (Lipinski definition) is 2. The number of phosphoric ester groups is 1. The number of amides is 1. The van der Waals surface area contributed by atoms with Gasteiger partial charge in [-0.2, -0.15) is 0 Å². The standard InChI is InChI=1S/C69H117N2O6P/c1-6-8-10-12-14-16-18-20-22-24-25-26-27-28-29-30-31-32-33-34-35-36-37-38-39-40-41-42-43-44-45-47-49-51-53-55-57-59-61-63-69(73)70-67(66-77-78(74,75)76-65-64-71(3,4)5)68(72)62-60-58-56-54-52-50-48-46-23-21-19-17-15-13-11-9-7-2/h8,10,14,16,20,22-23,25-26,28-29,31-32,34-35,37-38,40-41,46,52,54,60,62,67-68,72H,6-7,9,11-13,15,17-19,21,24,27,30,33,36,39,42-45,47-51,53,55-59,61,63-66H2,1-5H3,(H-,70,73,74,75)/b10-8-,16-14-,22-20-,26-25-,29-28-,32-31-,35-34-,38-37-,41-40-,46-23+,54-52+,62-60+. The summed E-state index contributed by atoms with van der Waals surface area (Å²) in [6.07, 6.45) is 89.4. The van der Waals surface area contributed by atoms with E-state index in [1.807, 2.05) is 27.2 Å². The van der Waals surface area contributed by atoms with Gasteiger partial charge in [0.2, 0.25) is 5.91 Å². The molecule has 0 rings (SSSR count). The van der Waals surface area contributed by atoms with Gasteiger partial charge in [-0.15, -0.1) is 0 Å². The van der Waals surface area contributed by atoms with E-state index in [1.54, 1.807) is 6.08 Å². The Balaban J connectivity index is 4.16. The van der Waals surface area contributed by atoms with E-state index in [-0.39, 0.29) is 12.5 Å². The van der Waals surface area contributed by atoms with Crippen LogP contribution in [-0.4, -0.2) is 68.5 Å². The number of carbonyl (C=O) groups is 1. The summed E-state index contributed by atoms with van der Waals surface area (Å²) in [5.74, 6) is -0.221. The van der Waals surface area contributed by atoms with Gasteiger partial charge < -0.3 is 28.8 Å². The number of quaternary nitrogens is 1. The van der Waals surface area contributed by atoms with E-state index in [2.05, 4.69) is 153 Å². The monoisotopic (exact) mass is 1100 g/mol. The minimum absolute atomic E-state index is 0.0162. The molecular weight excluding hydrogens is 984 g/mol. The van der Waals surface area contributed by atoms with Crippen LogP contribution >= 0.6 is 7.82 Å². The van der Waals surface area contributed by atoms with Crippen molar-refractivity contribution in [2.45, 2.75) is 244 Å². The summed E-state index contributed by atoms with van der Waals surface area (Å²) < 4.78 is 23.3. The molecule has 1 amide bonds. The second-order valence-corrected chi connectivity index (χ2v) is 23.1. The van der Waals surface area contributed by atoms with E-state index in [0.29, 0.717) is 17.4 Å². The molecule has 78 heavy (non-hydrogen) atoms. The summed E-state index contributed by atoms with van der Waals surface area (Å²) in [7, 11) is 1.22. The Bertz CT molecular complexity index is 1780. The lowest BCUT2D eigenvalue weighted by atomic mass is 10.0. The molecule has 0 radical (unpaired) electrons. The Hall–Kier alpha value is -3.62. The zero-order chi connectivity index (χ0) is 57.0. The van der Waals surface area contributed by atoms with Gasteiger partial charge in [-0.05, 0) is 116 Å². The van der Waals surface area contributed by atoms with E-state index in [9.17, 15) is 19.4 Å². The van der Waals surface area contributed by atoms with Crippen molar-refractivity contribution in [2.75, 3.05) is 40.9 Å². The van der Waals surface area contributed by atoms with Gasteiger partial charge in [-0.3, -0.25) is 9.36 Å². The summed E-state index contributed by atoms with van der Waals surface area (Å²) in [5.41, 5.74) is 0. The lowest BCUT2D eigenvalue weighted by Crippen LogP contribution is -2.45. The minimum atomic E-state index is -4.62. The molecule has 8 nitrogen and oxygen atoms in total. The predicted molar refractivity (Wildman–Crippen MR) is 338 cm³/mol. The van der Waals surface area contributed by atoms with Crippen molar-refractivity contribution in [1.82, 2.24) is 5.32 Å². The zero-order valence-corrected chi connectivity index (χ0v) is 51.5. The van der Waals surface area contributed by atoms with Crippen molar-refractivity contribution in [3.63, 3.8) is 0 Å². The maximum atomic E-state index is 13.0. The number of nitrogens with one attached hydrogen (secondary N) is 1. The fourth-order valence-electron chi connectivity index (χ4n) is 8.18. The first-order valence-corrected chi connectivity index (χ1v) is 32.7. The summed E-state index contributed by atoms with van der Waals surface area (Å²) in [4.78, 5) is 25.5.